The number of phenols is 1. The Labute approximate surface area is 130 Å². The number of carbonyl (C=O) groups is 1. The van der Waals surface area contributed by atoms with Crippen molar-refractivity contribution in [3.8, 4) is 11.5 Å². The van der Waals surface area contributed by atoms with Crippen molar-refractivity contribution in [2.45, 2.75) is 0 Å². The van der Waals surface area contributed by atoms with Crippen molar-refractivity contribution in [2.24, 2.45) is 5.10 Å². The fraction of sp³-hybridized carbons (Fsp3) is 0.0667. The van der Waals surface area contributed by atoms with Crippen molar-refractivity contribution in [1.29, 1.82) is 0 Å². The number of aromatic hydroxyl groups is 1. The average Bonchev–Trinajstić information content (AvgIpc) is 2.50. The fourth-order valence-corrected chi connectivity index (χ4v) is 1.88. The van der Waals surface area contributed by atoms with Crippen molar-refractivity contribution in [2.75, 3.05) is 6.61 Å². The number of phenolic OH excluding ortho intramolecular Hbond substituents is 1. The number of halogens is 1. The highest BCUT2D eigenvalue weighted by molar-refractivity contribution is 9.10. The highest BCUT2D eigenvalue weighted by Crippen LogP contribution is 2.19. The summed E-state index contributed by atoms with van der Waals surface area (Å²) in [6, 6.07) is 14.0. The van der Waals surface area contributed by atoms with Gasteiger partial charge in [0.05, 0.1) is 6.21 Å². The minimum Gasteiger partial charge on any atom is -0.507 e. The molecule has 1 amide bonds. The van der Waals surface area contributed by atoms with Crippen LogP contribution in [0.4, 0.5) is 0 Å². The Bertz CT molecular complexity index is 645. The van der Waals surface area contributed by atoms with Gasteiger partial charge in [0.1, 0.15) is 11.5 Å². The van der Waals surface area contributed by atoms with E-state index in [4.69, 9.17) is 4.74 Å². The van der Waals surface area contributed by atoms with Gasteiger partial charge in [-0.3, -0.25) is 4.79 Å². The molecule has 0 aliphatic heterocycles. The lowest BCUT2D eigenvalue weighted by molar-refractivity contribution is -0.123. The lowest BCUT2D eigenvalue weighted by atomic mass is 10.2. The molecule has 0 aliphatic carbocycles. The van der Waals surface area contributed by atoms with Gasteiger partial charge in [0.15, 0.2) is 6.61 Å². The third-order valence-electron chi connectivity index (χ3n) is 2.50. The summed E-state index contributed by atoms with van der Waals surface area (Å²) in [5.41, 5.74) is 2.82. The number of hydrazone groups is 1. The third-order valence-corrected chi connectivity index (χ3v) is 2.99. The molecule has 0 aliphatic rings. The number of benzene rings is 2. The van der Waals surface area contributed by atoms with E-state index in [2.05, 4.69) is 26.5 Å². The van der Waals surface area contributed by atoms with E-state index in [1.165, 1.54) is 12.3 Å². The number of hydrogen-bond acceptors (Lipinski definition) is 4. The minimum atomic E-state index is -0.385. The van der Waals surface area contributed by atoms with Crippen molar-refractivity contribution in [3.05, 3.63) is 58.6 Å². The molecule has 0 aromatic heterocycles. The van der Waals surface area contributed by atoms with Crippen LogP contribution in [0.5, 0.6) is 11.5 Å². The van der Waals surface area contributed by atoms with Gasteiger partial charge in [0.25, 0.3) is 5.91 Å². The molecule has 0 saturated heterocycles. The Morgan fingerprint density at radius 1 is 1.29 bits per heavy atom. The smallest absolute Gasteiger partial charge is 0.277 e. The van der Waals surface area contributed by atoms with Crippen LogP contribution in [-0.4, -0.2) is 23.8 Å². The molecule has 0 atom stereocenters. The van der Waals surface area contributed by atoms with Crippen LogP contribution in [0.3, 0.4) is 0 Å². The number of carbonyl (C=O) groups excluding carboxylic acids is 1. The van der Waals surface area contributed by atoms with E-state index in [9.17, 15) is 9.90 Å². The molecule has 0 fully saturated rings. The topological polar surface area (TPSA) is 70.9 Å². The summed E-state index contributed by atoms with van der Waals surface area (Å²) in [4.78, 5) is 11.5. The molecule has 0 saturated carbocycles. The zero-order valence-electron chi connectivity index (χ0n) is 11.0. The Hall–Kier alpha value is -2.34. The Balaban J connectivity index is 1.83. The largest absolute Gasteiger partial charge is 0.507 e. The highest BCUT2D eigenvalue weighted by Gasteiger charge is 2.02. The van der Waals surface area contributed by atoms with Crippen molar-refractivity contribution in [3.63, 3.8) is 0 Å². The molecular weight excluding hydrogens is 336 g/mol. The molecule has 2 aromatic rings. The summed E-state index contributed by atoms with van der Waals surface area (Å²) < 4.78 is 6.08. The maximum Gasteiger partial charge on any atom is 0.277 e. The first kappa shape index (κ1) is 15.1. The second kappa shape index (κ2) is 7.44. The highest BCUT2D eigenvalue weighted by atomic mass is 79.9. The zero-order valence-corrected chi connectivity index (χ0v) is 12.6. The first-order valence-electron chi connectivity index (χ1n) is 6.13. The molecular formula is C15H13BrN2O3. The summed E-state index contributed by atoms with van der Waals surface area (Å²) in [6.07, 6.45) is 1.36. The number of nitrogens with zero attached hydrogens (tertiary/aromatic N) is 1. The van der Waals surface area contributed by atoms with Gasteiger partial charge in [0.2, 0.25) is 0 Å². The van der Waals surface area contributed by atoms with Crippen LogP contribution >= 0.6 is 15.9 Å². The average molecular weight is 349 g/mol. The van der Waals surface area contributed by atoms with E-state index in [-0.39, 0.29) is 18.3 Å². The van der Waals surface area contributed by atoms with Crippen LogP contribution in [0.1, 0.15) is 5.56 Å². The van der Waals surface area contributed by atoms with E-state index in [1.807, 2.05) is 18.2 Å². The normalized spacial score (nSPS) is 10.5. The van der Waals surface area contributed by atoms with Crippen molar-refractivity contribution < 1.29 is 14.6 Å². The van der Waals surface area contributed by atoms with Crippen LogP contribution < -0.4 is 10.2 Å². The van der Waals surface area contributed by atoms with Gasteiger partial charge in [-0.25, -0.2) is 5.43 Å². The number of nitrogens with one attached hydrogen (secondary N) is 1. The summed E-state index contributed by atoms with van der Waals surface area (Å²) in [5, 5.41) is 13.4. The quantitative estimate of drug-likeness (QED) is 0.644. The summed E-state index contributed by atoms with van der Waals surface area (Å²) in [5.74, 6) is 0.308. The van der Waals surface area contributed by atoms with Gasteiger partial charge >= 0.3 is 0 Å². The van der Waals surface area contributed by atoms with Crippen LogP contribution in [0.15, 0.2) is 58.1 Å². The molecule has 2 N–H and O–H groups in total. The van der Waals surface area contributed by atoms with Gasteiger partial charge in [-0.1, -0.05) is 34.1 Å². The van der Waals surface area contributed by atoms with Crippen LogP contribution in [-0.2, 0) is 4.79 Å². The van der Waals surface area contributed by atoms with E-state index in [1.54, 1.807) is 24.3 Å². The lowest BCUT2D eigenvalue weighted by Gasteiger charge is -2.04. The molecule has 0 spiro atoms. The maximum atomic E-state index is 11.5. The van der Waals surface area contributed by atoms with Crippen LogP contribution in [0, 0.1) is 0 Å². The molecule has 0 bridgehead atoms. The SMILES string of the molecule is O=C(COc1ccccc1)N/N=C\c1cc(Br)ccc1O. The predicted octanol–water partition coefficient (Wildman–Crippen LogP) is 2.68. The number of rotatable bonds is 5. The molecule has 5 nitrogen and oxygen atoms in total. The van der Waals surface area contributed by atoms with Crippen LogP contribution in [0.25, 0.3) is 0 Å². The molecule has 0 unspecified atom stereocenters. The summed E-state index contributed by atoms with van der Waals surface area (Å²) in [7, 11) is 0. The van der Waals surface area contributed by atoms with Gasteiger partial charge in [-0.15, -0.1) is 0 Å². The zero-order chi connectivity index (χ0) is 15.1. The van der Waals surface area contributed by atoms with Crippen molar-refractivity contribution in [1.82, 2.24) is 5.43 Å². The fourth-order valence-electron chi connectivity index (χ4n) is 1.50. The first-order chi connectivity index (χ1) is 10.1. The van der Waals surface area contributed by atoms with Crippen LogP contribution in [0.2, 0.25) is 0 Å². The number of hydrogen-bond donors (Lipinski definition) is 2. The van der Waals surface area contributed by atoms with E-state index < -0.39 is 0 Å². The Morgan fingerprint density at radius 3 is 2.81 bits per heavy atom. The number of amides is 1. The van der Waals surface area contributed by atoms with Gasteiger partial charge in [-0.2, -0.15) is 5.10 Å². The third kappa shape index (κ3) is 4.92. The van der Waals surface area contributed by atoms with Gasteiger partial charge < -0.3 is 9.84 Å². The molecule has 108 valence electrons. The molecule has 0 radical (unpaired) electrons. The Morgan fingerprint density at radius 2 is 2.05 bits per heavy atom. The summed E-state index contributed by atoms with van der Waals surface area (Å²) >= 11 is 3.29. The second-order valence-electron chi connectivity index (χ2n) is 4.10. The first-order valence-corrected chi connectivity index (χ1v) is 6.93. The number of para-hydroxylation sites is 1. The second-order valence-corrected chi connectivity index (χ2v) is 5.01. The van der Waals surface area contributed by atoms with Gasteiger partial charge in [0, 0.05) is 10.0 Å². The Kier molecular flexibility index (Phi) is 5.34. The molecule has 6 heteroatoms. The molecule has 2 rings (SSSR count). The van der Waals surface area contributed by atoms with E-state index in [0.29, 0.717) is 11.3 Å². The molecule has 2 aromatic carbocycles. The standard InChI is InChI=1S/C15H13BrN2O3/c16-12-6-7-14(19)11(8-12)9-17-18-15(20)10-21-13-4-2-1-3-5-13/h1-9,19H,10H2,(H,18,20)/b17-9-. The predicted molar refractivity (Wildman–Crippen MR) is 83.5 cm³/mol. The lowest BCUT2D eigenvalue weighted by Crippen LogP contribution is -2.24. The summed E-state index contributed by atoms with van der Waals surface area (Å²) in [6.45, 7) is -0.133. The van der Waals surface area contributed by atoms with Gasteiger partial charge in [-0.05, 0) is 30.3 Å². The number of ether oxygens (including phenoxy) is 1. The monoisotopic (exact) mass is 348 g/mol. The maximum absolute atomic E-state index is 11.5. The molecule has 0 heterocycles. The minimum absolute atomic E-state index is 0.0803. The van der Waals surface area contributed by atoms with E-state index in [0.717, 1.165) is 4.47 Å². The molecule has 21 heavy (non-hydrogen) atoms. The van der Waals surface area contributed by atoms with E-state index >= 15 is 0 Å². The van der Waals surface area contributed by atoms with Crippen molar-refractivity contribution >= 4 is 28.1 Å².